The standard InChI is InChI=1S/C18H17BrN4OS2/c1-3-8-23-17(15-5-4-9-25-15)21-22-18(23)26-11-16(24)20-14-7-6-12(2)10-13(14)19/h3-7,9-10H,1,8,11H2,2H3,(H,20,24). The summed E-state index contributed by atoms with van der Waals surface area (Å²) in [7, 11) is 0. The van der Waals surface area contributed by atoms with E-state index in [0.717, 1.165) is 26.4 Å². The van der Waals surface area contributed by atoms with E-state index in [2.05, 4.69) is 38.0 Å². The van der Waals surface area contributed by atoms with Crippen LogP contribution in [0, 0.1) is 6.92 Å². The van der Waals surface area contributed by atoms with Gasteiger partial charge in [0.25, 0.3) is 0 Å². The number of nitrogens with one attached hydrogen (secondary N) is 1. The van der Waals surface area contributed by atoms with Gasteiger partial charge in [0.05, 0.1) is 16.3 Å². The van der Waals surface area contributed by atoms with Crippen LogP contribution in [-0.4, -0.2) is 26.4 Å². The molecule has 1 N–H and O–H groups in total. The van der Waals surface area contributed by atoms with Gasteiger partial charge in [-0.3, -0.25) is 9.36 Å². The summed E-state index contributed by atoms with van der Waals surface area (Å²) in [5.41, 5.74) is 1.89. The van der Waals surface area contributed by atoms with Crippen molar-refractivity contribution in [2.45, 2.75) is 18.6 Å². The Morgan fingerprint density at radius 3 is 2.96 bits per heavy atom. The van der Waals surface area contributed by atoms with Crippen LogP contribution in [0.5, 0.6) is 0 Å². The van der Waals surface area contributed by atoms with Crippen LogP contribution < -0.4 is 5.32 Å². The number of aryl methyl sites for hydroxylation is 1. The lowest BCUT2D eigenvalue weighted by atomic mass is 10.2. The summed E-state index contributed by atoms with van der Waals surface area (Å²) in [5.74, 6) is 0.953. The number of thiophene rings is 1. The van der Waals surface area contributed by atoms with E-state index in [1.807, 2.05) is 47.2 Å². The maximum absolute atomic E-state index is 12.3. The average Bonchev–Trinajstić information content (AvgIpc) is 3.26. The van der Waals surface area contributed by atoms with Crippen molar-refractivity contribution in [3.63, 3.8) is 0 Å². The van der Waals surface area contributed by atoms with E-state index in [9.17, 15) is 4.79 Å². The predicted molar refractivity (Wildman–Crippen MR) is 112 cm³/mol. The first-order valence-corrected chi connectivity index (χ1v) is 10.5. The molecule has 0 atom stereocenters. The number of anilines is 1. The summed E-state index contributed by atoms with van der Waals surface area (Å²) >= 11 is 6.44. The number of carbonyl (C=O) groups is 1. The van der Waals surface area contributed by atoms with Crippen LogP contribution in [0.25, 0.3) is 10.7 Å². The normalized spacial score (nSPS) is 10.7. The Morgan fingerprint density at radius 1 is 1.42 bits per heavy atom. The third kappa shape index (κ3) is 4.44. The van der Waals surface area contributed by atoms with Crippen molar-refractivity contribution in [2.24, 2.45) is 0 Å². The predicted octanol–water partition coefficient (Wildman–Crippen LogP) is 4.99. The molecule has 0 radical (unpaired) electrons. The molecule has 3 rings (SSSR count). The molecular formula is C18H17BrN4OS2. The number of carbonyl (C=O) groups excluding carboxylic acids is 1. The number of rotatable bonds is 7. The van der Waals surface area contributed by atoms with E-state index in [4.69, 9.17) is 0 Å². The number of thioether (sulfide) groups is 1. The molecular weight excluding hydrogens is 432 g/mol. The lowest BCUT2D eigenvalue weighted by Gasteiger charge is -2.09. The van der Waals surface area contributed by atoms with Crippen molar-refractivity contribution in [3.05, 3.63) is 58.4 Å². The van der Waals surface area contributed by atoms with Crippen LogP contribution in [0.2, 0.25) is 0 Å². The van der Waals surface area contributed by atoms with Gasteiger partial charge in [-0.05, 0) is 52.0 Å². The summed E-state index contributed by atoms with van der Waals surface area (Å²) in [5, 5.41) is 14.1. The van der Waals surface area contributed by atoms with Crippen LogP contribution in [0.1, 0.15) is 5.56 Å². The fourth-order valence-corrected chi connectivity index (χ4v) is 4.37. The number of hydrogen-bond acceptors (Lipinski definition) is 5. The molecule has 1 amide bonds. The quantitative estimate of drug-likeness (QED) is 0.408. The first-order valence-electron chi connectivity index (χ1n) is 7.85. The molecule has 3 aromatic rings. The van der Waals surface area contributed by atoms with Gasteiger partial charge in [0.1, 0.15) is 0 Å². The van der Waals surface area contributed by atoms with E-state index in [0.29, 0.717) is 11.7 Å². The molecule has 0 spiro atoms. The number of halogens is 1. The van der Waals surface area contributed by atoms with Gasteiger partial charge in [-0.1, -0.05) is 30.0 Å². The number of nitrogens with zero attached hydrogens (tertiary/aromatic N) is 3. The molecule has 0 fully saturated rings. The topological polar surface area (TPSA) is 59.8 Å². The molecule has 0 aliphatic rings. The molecule has 26 heavy (non-hydrogen) atoms. The number of benzene rings is 1. The Balaban J connectivity index is 1.69. The van der Waals surface area contributed by atoms with Gasteiger partial charge in [-0.25, -0.2) is 0 Å². The minimum Gasteiger partial charge on any atom is -0.324 e. The highest BCUT2D eigenvalue weighted by Gasteiger charge is 2.16. The third-order valence-electron chi connectivity index (χ3n) is 3.50. The molecule has 0 saturated heterocycles. The minimum atomic E-state index is -0.0922. The molecule has 2 heterocycles. The average molecular weight is 449 g/mol. The number of allylic oxidation sites excluding steroid dienone is 1. The van der Waals surface area contributed by atoms with Crippen molar-refractivity contribution in [1.82, 2.24) is 14.8 Å². The van der Waals surface area contributed by atoms with Crippen molar-refractivity contribution in [1.29, 1.82) is 0 Å². The Hall–Kier alpha value is -1.90. The van der Waals surface area contributed by atoms with E-state index >= 15 is 0 Å². The van der Waals surface area contributed by atoms with Gasteiger partial charge >= 0.3 is 0 Å². The third-order valence-corrected chi connectivity index (χ3v) is 5.99. The highest BCUT2D eigenvalue weighted by molar-refractivity contribution is 9.10. The van der Waals surface area contributed by atoms with Gasteiger partial charge in [0.15, 0.2) is 11.0 Å². The molecule has 5 nitrogen and oxygen atoms in total. The zero-order chi connectivity index (χ0) is 18.5. The van der Waals surface area contributed by atoms with E-state index in [1.54, 1.807) is 17.4 Å². The van der Waals surface area contributed by atoms with Crippen LogP contribution in [0.15, 0.2) is 58.0 Å². The molecule has 0 aliphatic heterocycles. The molecule has 0 saturated carbocycles. The second-order valence-corrected chi connectivity index (χ2v) is 8.25. The molecule has 134 valence electrons. The lowest BCUT2D eigenvalue weighted by molar-refractivity contribution is -0.113. The number of hydrogen-bond donors (Lipinski definition) is 1. The highest BCUT2D eigenvalue weighted by atomic mass is 79.9. The molecule has 0 bridgehead atoms. The summed E-state index contributed by atoms with van der Waals surface area (Å²) in [6.45, 7) is 6.39. The summed E-state index contributed by atoms with van der Waals surface area (Å²) in [6, 6.07) is 9.80. The summed E-state index contributed by atoms with van der Waals surface area (Å²) in [6.07, 6.45) is 1.80. The maximum atomic E-state index is 12.3. The van der Waals surface area contributed by atoms with Crippen LogP contribution in [0.4, 0.5) is 5.69 Å². The summed E-state index contributed by atoms with van der Waals surface area (Å²) < 4.78 is 2.84. The van der Waals surface area contributed by atoms with Gasteiger partial charge in [0.2, 0.25) is 5.91 Å². The second-order valence-electron chi connectivity index (χ2n) is 5.50. The fourth-order valence-electron chi connectivity index (χ4n) is 2.32. The van der Waals surface area contributed by atoms with E-state index in [-0.39, 0.29) is 11.7 Å². The maximum Gasteiger partial charge on any atom is 0.234 e. The highest BCUT2D eigenvalue weighted by Crippen LogP contribution is 2.28. The van der Waals surface area contributed by atoms with E-state index in [1.165, 1.54) is 11.8 Å². The fraction of sp³-hybridized carbons (Fsp3) is 0.167. The second kappa shape index (κ2) is 8.66. The van der Waals surface area contributed by atoms with Gasteiger partial charge in [0, 0.05) is 11.0 Å². The van der Waals surface area contributed by atoms with Crippen LogP contribution in [-0.2, 0) is 11.3 Å². The molecule has 8 heteroatoms. The zero-order valence-electron chi connectivity index (χ0n) is 14.1. The molecule has 0 unspecified atom stereocenters. The Bertz CT molecular complexity index is 921. The SMILES string of the molecule is C=CCn1c(SCC(=O)Nc2ccc(C)cc2Br)nnc1-c1cccs1. The Kier molecular flexibility index (Phi) is 6.29. The molecule has 0 aliphatic carbocycles. The van der Waals surface area contributed by atoms with Gasteiger partial charge in [-0.2, -0.15) is 0 Å². The van der Waals surface area contributed by atoms with Crippen molar-refractivity contribution < 1.29 is 4.79 Å². The van der Waals surface area contributed by atoms with Crippen LogP contribution in [0.3, 0.4) is 0 Å². The van der Waals surface area contributed by atoms with Crippen molar-refractivity contribution >= 4 is 50.6 Å². The molecule has 2 aromatic heterocycles. The monoisotopic (exact) mass is 448 g/mol. The zero-order valence-corrected chi connectivity index (χ0v) is 17.3. The van der Waals surface area contributed by atoms with E-state index < -0.39 is 0 Å². The Labute approximate surface area is 168 Å². The first-order chi connectivity index (χ1) is 12.6. The minimum absolute atomic E-state index is 0.0922. The van der Waals surface area contributed by atoms with Crippen molar-refractivity contribution in [2.75, 3.05) is 11.1 Å². The van der Waals surface area contributed by atoms with Crippen LogP contribution >= 0.6 is 39.0 Å². The van der Waals surface area contributed by atoms with Gasteiger partial charge in [-0.15, -0.1) is 28.1 Å². The largest absolute Gasteiger partial charge is 0.324 e. The lowest BCUT2D eigenvalue weighted by Crippen LogP contribution is -2.15. The van der Waals surface area contributed by atoms with Crippen molar-refractivity contribution in [3.8, 4) is 10.7 Å². The Morgan fingerprint density at radius 2 is 2.27 bits per heavy atom. The van der Waals surface area contributed by atoms with Gasteiger partial charge < -0.3 is 5.32 Å². The first kappa shape index (κ1) is 18.9. The summed E-state index contributed by atoms with van der Waals surface area (Å²) in [4.78, 5) is 13.3. The number of aromatic nitrogens is 3. The number of amides is 1. The smallest absolute Gasteiger partial charge is 0.234 e. The molecule has 1 aromatic carbocycles.